The van der Waals surface area contributed by atoms with Crippen molar-refractivity contribution in [3.05, 3.63) is 63.0 Å². The molecule has 0 aliphatic heterocycles. The first-order valence-electron chi connectivity index (χ1n) is 6.21. The van der Waals surface area contributed by atoms with Gasteiger partial charge in [-0.25, -0.2) is 4.79 Å². The van der Waals surface area contributed by atoms with Crippen molar-refractivity contribution in [2.24, 2.45) is 0 Å². The smallest absolute Gasteiger partial charge is 0.357 e. The molecule has 0 saturated carbocycles. The summed E-state index contributed by atoms with van der Waals surface area (Å²) < 4.78 is 5.01. The number of benzene rings is 2. The third-order valence-corrected chi connectivity index (χ3v) is 3.22. The van der Waals surface area contributed by atoms with Crippen LogP contribution in [0.4, 0.5) is 5.69 Å². The number of hydrogen-bond acceptors (Lipinski definition) is 6. The first-order valence-corrected chi connectivity index (χ1v) is 6.21. The molecule has 1 heterocycles. The molecular weight excluding hydrogens is 290 g/mol. The third kappa shape index (κ3) is 2.05. The standard InChI is InChI=1S/C15H9NO6/c17-11-7-9-6-10(8-4-2-1-3-5-8)15(19)22-14(9)12(13(11)18)16(20)21/h1-7,17-18H. The van der Waals surface area contributed by atoms with Crippen LogP contribution < -0.4 is 5.63 Å². The van der Waals surface area contributed by atoms with E-state index in [0.717, 1.165) is 6.07 Å². The van der Waals surface area contributed by atoms with Crippen LogP contribution in [0.3, 0.4) is 0 Å². The Hall–Kier alpha value is -3.35. The number of nitrogens with zero attached hydrogens (tertiary/aromatic N) is 1. The fraction of sp³-hybridized carbons (Fsp3) is 0. The zero-order valence-electron chi connectivity index (χ0n) is 11.0. The van der Waals surface area contributed by atoms with Crippen molar-refractivity contribution in [2.45, 2.75) is 0 Å². The molecule has 7 heteroatoms. The molecule has 0 fully saturated rings. The summed E-state index contributed by atoms with van der Waals surface area (Å²) in [6.45, 7) is 0. The topological polar surface area (TPSA) is 114 Å². The van der Waals surface area contributed by atoms with E-state index in [1.165, 1.54) is 6.07 Å². The lowest BCUT2D eigenvalue weighted by molar-refractivity contribution is -0.384. The molecule has 0 bridgehead atoms. The maximum absolute atomic E-state index is 12.1. The van der Waals surface area contributed by atoms with Gasteiger partial charge in [0.1, 0.15) is 0 Å². The molecule has 110 valence electrons. The monoisotopic (exact) mass is 299 g/mol. The summed E-state index contributed by atoms with van der Waals surface area (Å²) in [4.78, 5) is 22.2. The number of rotatable bonds is 2. The van der Waals surface area contributed by atoms with Crippen molar-refractivity contribution in [1.82, 2.24) is 0 Å². The fourth-order valence-corrected chi connectivity index (χ4v) is 2.21. The van der Waals surface area contributed by atoms with Gasteiger partial charge in [0.15, 0.2) is 5.75 Å². The molecule has 0 aliphatic rings. The number of fused-ring (bicyclic) bond motifs is 1. The van der Waals surface area contributed by atoms with Gasteiger partial charge in [0, 0.05) is 5.39 Å². The Kier molecular flexibility index (Phi) is 3.03. The molecule has 22 heavy (non-hydrogen) atoms. The minimum atomic E-state index is -0.937. The van der Waals surface area contributed by atoms with Gasteiger partial charge in [-0.05, 0) is 17.7 Å². The van der Waals surface area contributed by atoms with Crippen LogP contribution in [0.2, 0.25) is 0 Å². The highest BCUT2D eigenvalue weighted by molar-refractivity contribution is 5.92. The van der Waals surface area contributed by atoms with Gasteiger partial charge in [-0.2, -0.15) is 0 Å². The summed E-state index contributed by atoms with van der Waals surface area (Å²) in [5, 5.41) is 30.4. The number of nitro benzene ring substituents is 1. The zero-order valence-corrected chi connectivity index (χ0v) is 11.0. The lowest BCUT2D eigenvalue weighted by atomic mass is 10.1. The summed E-state index contributed by atoms with van der Waals surface area (Å²) in [7, 11) is 0. The number of phenolic OH excluding ortho intramolecular Hbond substituents is 2. The maximum atomic E-state index is 12.1. The predicted molar refractivity (Wildman–Crippen MR) is 77.9 cm³/mol. The van der Waals surface area contributed by atoms with Crippen LogP contribution in [0.25, 0.3) is 22.1 Å². The van der Waals surface area contributed by atoms with Crippen molar-refractivity contribution in [2.75, 3.05) is 0 Å². The molecule has 3 aromatic rings. The van der Waals surface area contributed by atoms with Crippen molar-refractivity contribution < 1.29 is 19.6 Å². The van der Waals surface area contributed by atoms with Crippen molar-refractivity contribution >= 4 is 16.7 Å². The van der Waals surface area contributed by atoms with E-state index in [0.29, 0.717) is 5.56 Å². The molecule has 0 unspecified atom stereocenters. The first-order chi connectivity index (χ1) is 10.5. The fourth-order valence-electron chi connectivity index (χ4n) is 2.21. The zero-order chi connectivity index (χ0) is 15.9. The lowest BCUT2D eigenvalue weighted by Crippen LogP contribution is -2.04. The molecule has 0 spiro atoms. The van der Waals surface area contributed by atoms with Gasteiger partial charge >= 0.3 is 11.3 Å². The Morgan fingerprint density at radius 2 is 1.77 bits per heavy atom. The van der Waals surface area contributed by atoms with E-state index in [9.17, 15) is 25.1 Å². The molecule has 2 N–H and O–H groups in total. The van der Waals surface area contributed by atoms with Gasteiger partial charge in [-0.3, -0.25) is 10.1 Å². The van der Waals surface area contributed by atoms with Crippen LogP contribution >= 0.6 is 0 Å². The maximum Gasteiger partial charge on any atom is 0.357 e. The highest BCUT2D eigenvalue weighted by Gasteiger charge is 2.25. The molecular formula is C15H9NO6. The molecule has 0 aliphatic carbocycles. The number of phenols is 2. The van der Waals surface area contributed by atoms with E-state index in [4.69, 9.17) is 4.42 Å². The normalized spacial score (nSPS) is 10.7. The largest absolute Gasteiger partial charge is 0.504 e. The minimum absolute atomic E-state index is 0.139. The minimum Gasteiger partial charge on any atom is -0.504 e. The van der Waals surface area contributed by atoms with Gasteiger partial charge in [0.2, 0.25) is 11.3 Å². The highest BCUT2D eigenvalue weighted by Crippen LogP contribution is 2.41. The van der Waals surface area contributed by atoms with Crippen molar-refractivity contribution in [3.63, 3.8) is 0 Å². The number of aromatic hydroxyl groups is 2. The van der Waals surface area contributed by atoms with Crippen LogP contribution in [0.15, 0.2) is 51.7 Å². The first kappa shape index (κ1) is 13.6. The molecule has 7 nitrogen and oxygen atoms in total. The average Bonchev–Trinajstić information content (AvgIpc) is 2.49. The lowest BCUT2D eigenvalue weighted by Gasteiger charge is -2.05. The second-order valence-electron chi connectivity index (χ2n) is 4.58. The van der Waals surface area contributed by atoms with E-state index in [1.54, 1.807) is 30.3 Å². The van der Waals surface area contributed by atoms with E-state index < -0.39 is 27.7 Å². The van der Waals surface area contributed by atoms with Crippen LogP contribution in [0.5, 0.6) is 11.5 Å². The van der Waals surface area contributed by atoms with Crippen LogP contribution in [-0.2, 0) is 0 Å². The Labute approximate surface area is 122 Å². The van der Waals surface area contributed by atoms with E-state index in [-0.39, 0.29) is 16.5 Å². The van der Waals surface area contributed by atoms with Gasteiger partial charge in [0.25, 0.3) is 0 Å². The number of hydrogen-bond donors (Lipinski definition) is 2. The van der Waals surface area contributed by atoms with Gasteiger partial charge in [0.05, 0.1) is 10.5 Å². The highest BCUT2D eigenvalue weighted by atomic mass is 16.6. The van der Waals surface area contributed by atoms with Gasteiger partial charge < -0.3 is 14.6 Å². The third-order valence-electron chi connectivity index (χ3n) is 3.22. The summed E-state index contributed by atoms with van der Waals surface area (Å²) in [5.74, 6) is -1.60. The van der Waals surface area contributed by atoms with E-state index >= 15 is 0 Å². The summed E-state index contributed by atoms with van der Waals surface area (Å²) in [6.07, 6.45) is 0. The molecule has 0 saturated heterocycles. The average molecular weight is 299 g/mol. The van der Waals surface area contributed by atoms with E-state index in [2.05, 4.69) is 0 Å². The Bertz CT molecular complexity index is 946. The van der Waals surface area contributed by atoms with E-state index in [1.807, 2.05) is 0 Å². The van der Waals surface area contributed by atoms with Crippen LogP contribution in [0.1, 0.15) is 0 Å². The molecule has 3 rings (SSSR count). The molecule has 0 radical (unpaired) electrons. The Morgan fingerprint density at radius 3 is 2.41 bits per heavy atom. The molecule has 2 aromatic carbocycles. The quantitative estimate of drug-likeness (QED) is 0.325. The van der Waals surface area contributed by atoms with Crippen LogP contribution in [0, 0.1) is 10.1 Å². The molecule has 0 atom stereocenters. The van der Waals surface area contributed by atoms with Crippen molar-refractivity contribution in [1.29, 1.82) is 0 Å². The summed E-state index contributed by atoms with van der Waals surface area (Å²) >= 11 is 0. The SMILES string of the molecule is O=c1oc2c([N+](=O)[O-])c(O)c(O)cc2cc1-c1ccccc1. The predicted octanol–water partition coefficient (Wildman–Crippen LogP) is 2.78. The van der Waals surface area contributed by atoms with Gasteiger partial charge in [-0.1, -0.05) is 30.3 Å². The molecule has 1 aromatic heterocycles. The summed E-state index contributed by atoms with van der Waals surface area (Å²) in [5.41, 5.74) is -1.22. The van der Waals surface area contributed by atoms with Crippen molar-refractivity contribution in [3.8, 4) is 22.6 Å². The van der Waals surface area contributed by atoms with Crippen LogP contribution in [-0.4, -0.2) is 15.1 Å². The second kappa shape index (κ2) is 4.88. The summed E-state index contributed by atoms with van der Waals surface area (Å²) in [6, 6.07) is 11.1. The Balaban J connectivity index is 2.39. The van der Waals surface area contributed by atoms with Gasteiger partial charge in [-0.15, -0.1) is 0 Å². The Morgan fingerprint density at radius 1 is 1.09 bits per heavy atom. The number of nitro groups is 1. The molecule has 0 amide bonds. The second-order valence-corrected chi connectivity index (χ2v) is 4.58.